The third-order valence-corrected chi connectivity index (χ3v) is 2.95. The highest BCUT2D eigenvalue weighted by atomic mass is 16.5. The van der Waals surface area contributed by atoms with Crippen LogP contribution in [0.5, 0.6) is 0 Å². The van der Waals surface area contributed by atoms with Crippen LogP contribution in [-0.4, -0.2) is 36.5 Å². The summed E-state index contributed by atoms with van der Waals surface area (Å²) in [4.78, 5) is 9.84. The van der Waals surface area contributed by atoms with Crippen molar-refractivity contribution in [1.82, 2.24) is 0 Å². The van der Waals surface area contributed by atoms with Crippen molar-refractivity contribution in [3.8, 4) is 0 Å². The van der Waals surface area contributed by atoms with Crippen molar-refractivity contribution in [3.63, 3.8) is 0 Å². The van der Waals surface area contributed by atoms with Gasteiger partial charge in [0.15, 0.2) is 0 Å². The molecule has 0 atom stereocenters. The van der Waals surface area contributed by atoms with Gasteiger partial charge in [-0.15, -0.1) is 0 Å². The third-order valence-electron chi connectivity index (χ3n) is 2.95. The van der Waals surface area contributed by atoms with Crippen molar-refractivity contribution >= 4 is 5.97 Å². The van der Waals surface area contributed by atoms with Crippen LogP contribution in [0.3, 0.4) is 0 Å². The van der Waals surface area contributed by atoms with Crippen LogP contribution in [0.4, 0.5) is 0 Å². The zero-order valence-corrected chi connectivity index (χ0v) is 9.95. The summed E-state index contributed by atoms with van der Waals surface area (Å²) in [7, 11) is 1.31. The molecule has 2 N–H and O–H groups in total. The number of aliphatic hydroxyl groups excluding tert-OH is 2. The number of aliphatic hydroxyl groups is 2. The van der Waals surface area contributed by atoms with Crippen LogP contribution in [0.2, 0.25) is 0 Å². The molecule has 1 rings (SSSR count). The van der Waals surface area contributed by atoms with Crippen molar-refractivity contribution in [2.75, 3.05) is 20.3 Å². The smallest absolute Gasteiger partial charge is 0.329 e. The highest BCUT2D eigenvalue weighted by Crippen LogP contribution is 2.34. The fraction of sp³-hybridized carbons (Fsp3) is 0.750. The molecule has 1 aliphatic carbocycles. The summed E-state index contributed by atoms with van der Waals surface area (Å²) in [5.41, 5.74) is -0.127. The van der Waals surface area contributed by atoms with E-state index in [1.165, 1.54) is 26.4 Å². The number of hydrogen-bond acceptors (Lipinski definition) is 4. The molecule has 1 aliphatic rings. The van der Waals surface area contributed by atoms with Crippen molar-refractivity contribution in [1.29, 1.82) is 0 Å². The second kappa shape index (κ2) is 8.30. The predicted octanol–water partition coefficient (Wildman–Crippen LogP) is 1.27. The van der Waals surface area contributed by atoms with E-state index in [-0.39, 0.29) is 18.6 Å². The summed E-state index contributed by atoms with van der Waals surface area (Å²) >= 11 is 0. The number of carbonyl (C=O) groups is 1. The molecule has 0 aromatic rings. The predicted molar refractivity (Wildman–Crippen MR) is 61.9 cm³/mol. The van der Waals surface area contributed by atoms with Gasteiger partial charge in [0.05, 0.1) is 20.3 Å². The molecule has 1 saturated carbocycles. The van der Waals surface area contributed by atoms with Gasteiger partial charge in [-0.1, -0.05) is 25.8 Å². The number of carbonyl (C=O) groups excluding carboxylic acids is 1. The van der Waals surface area contributed by atoms with Gasteiger partial charge in [-0.05, 0) is 12.8 Å². The SMILES string of the molecule is C=CC(=O)OC.OCC1(CO)CCCCC1. The second-order valence-electron chi connectivity index (χ2n) is 4.10. The van der Waals surface area contributed by atoms with E-state index in [4.69, 9.17) is 10.2 Å². The maximum absolute atomic E-state index is 9.84. The van der Waals surface area contributed by atoms with Crippen LogP contribution in [0.1, 0.15) is 32.1 Å². The average molecular weight is 230 g/mol. The molecule has 0 spiro atoms. The first-order valence-corrected chi connectivity index (χ1v) is 5.56. The quantitative estimate of drug-likeness (QED) is 0.566. The van der Waals surface area contributed by atoms with Gasteiger partial charge >= 0.3 is 5.97 Å². The largest absolute Gasteiger partial charge is 0.466 e. The Morgan fingerprint density at radius 2 is 1.81 bits per heavy atom. The maximum atomic E-state index is 9.84. The molecular formula is C12H22O4. The first kappa shape index (κ1) is 15.1. The van der Waals surface area contributed by atoms with Crippen molar-refractivity contribution < 1.29 is 19.7 Å². The Kier molecular flexibility index (Phi) is 7.85. The number of esters is 1. The van der Waals surface area contributed by atoms with E-state index in [1.807, 2.05) is 0 Å². The minimum Gasteiger partial charge on any atom is -0.466 e. The standard InChI is InChI=1S/C8H16O2.C4H6O2/c9-6-8(7-10)4-2-1-3-5-8;1-3-4(5)6-2/h9-10H,1-7H2;3H,1H2,2H3. The number of hydrogen-bond donors (Lipinski definition) is 2. The summed E-state index contributed by atoms with van der Waals surface area (Å²) in [6, 6.07) is 0. The van der Waals surface area contributed by atoms with Crippen LogP contribution in [0.15, 0.2) is 12.7 Å². The minimum atomic E-state index is -0.394. The van der Waals surface area contributed by atoms with Gasteiger partial charge in [0.2, 0.25) is 0 Å². The van der Waals surface area contributed by atoms with Crippen LogP contribution in [0, 0.1) is 5.41 Å². The molecule has 0 aliphatic heterocycles. The summed E-state index contributed by atoms with van der Waals surface area (Å²) in [5.74, 6) is -0.394. The highest BCUT2D eigenvalue weighted by molar-refractivity contribution is 5.80. The zero-order chi connectivity index (χ0) is 12.4. The molecule has 4 nitrogen and oxygen atoms in total. The van der Waals surface area contributed by atoms with Crippen LogP contribution < -0.4 is 0 Å². The molecule has 94 valence electrons. The van der Waals surface area contributed by atoms with Gasteiger partial charge in [-0.25, -0.2) is 4.79 Å². The van der Waals surface area contributed by atoms with E-state index in [0.29, 0.717) is 0 Å². The molecule has 0 bridgehead atoms. The molecule has 0 unspecified atom stereocenters. The molecule has 0 amide bonds. The molecule has 0 aromatic heterocycles. The Morgan fingerprint density at radius 1 is 1.31 bits per heavy atom. The molecule has 0 heterocycles. The Labute approximate surface area is 96.9 Å². The fourth-order valence-electron chi connectivity index (χ4n) is 1.75. The van der Waals surface area contributed by atoms with E-state index < -0.39 is 5.97 Å². The summed E-state index contributed by atoms with van der Waals surface area (Å²) in [6.07, 6.45) is 6.71. The van der Waals surface area contributed by atoms with Crippen LogP contribution in [-0.2, 0) is 9.53 Å². The molecular weight excluding hydrogens is 208 g/mol. The Bertz CT molecular complexity index is 201. The molecule has 0 aromatic carbocycles. The Hall–Kier alpha value is -0.870. The van der Waals surface area contributed by atoms with Gasteiger partial charge in [-0.2, -0.15) is 0 Å². The lowest BCUT2D eigenvalue weighted by Gasteiger charge is -2.33. The minimum absolute atomic E-state index is 0.127. The average Bonchev–Trinajstić information content (AvgIpc) is 2.39. The lowest BCUT2D eigenvalue weighted by Crippen LogP contribution is -2.31. The van der Waals surface area contributed by atoms with Gasteiger partial charge < -0.3 is 14.9 Å². The second-order valence-corrected chi connectivity index (χ2v) is 4.10. The van der Waals surface area contributed by atoms with E-state index in [1.54, 1.807) is 0 Å². The van der Waals surface area contributed by atoms with E-state index in [0.717, 1.165) is 18.9 Å². The van der Waals surface area contributed by atoms with Crippen molar-refractivity contribution in [2.45, 2.75) is 32.1 Å². The van der Waals surface area contributed by atoms with E-state index in [9.17, 15) is 4.79 Å². The number of rotatable bonds is 3. The first-order valence-electron chi connectivity index (χ1n) is 5.56. The summed E-state index contributed by atoms with van der Waals surface area (Å²) in [6.45, 7) is 3.47. The molecule has 4 heteroatoms. The van der Waals surface area contributed by atoms with Gasteiger partial charge in [0, 0.05) is 11.5 Å². The third kappa shape index (κ3) is 5.28. The molecule has 1 fully saturated rings. The first-order chi connectivity index (χ1) is 7.64. The lowest BCUT2D eigenvalue weighted by molar-refractivity contribution is -0.134. The zero-order valence-electron chi connectivity index (χ0n) is 9.95. The molecule has 0 radical (unpaired) electrons. The number of ether oxygens (including phenoxy) is 1. The Morgan fingerprint density at radius 3 is 2.00 bits per heavy atom. The number of methoxy groups -OCH3 is 1. The fourth-order valence-corrected chi connectivity index (χ4v) is 1.75. The summed E-state index contributed by atoms with van der Waals surface area (Å²) < 4.78 is 4.14. The van der Waals surface area contributed by atoms with Crippen LogP contribution in [0.25, 0.3) is 0 Å². The van der Waals surface area contributed by atoms with Crippen molar-refractivity contribution in [2.24, 2.45) is 5.41 Å². The topological polar surface area (TPSA) is 66.8 Å². The molecule has 16 heavy (non-hydrogen) atoms. The Balaban J connectivity index is 0.000000325. The van der Waals surface area contributed by atoms with E-state index in [2.05, 4.69) is 11.3 Å². The van der Waals surface area contributed by atoms with Gasteiger partial charge in [0.25, 0.3) is 0 Å². The van der Waals surface area contributed by atoms with E-state index >= 15 is 0 Å². The summed E-state index contributed by atoms with van der Waals surface area (Å²) in [5, 5.41) is 18.0. The maximum Gasteiger partial charge on any atom is 0.329 e. The molecule has 0 saturated heterocycles. The van der Waals surface area contributed by atoms with Crippen molar-refractivity contribution in [3.05, 3.63) is 12.7 Å². The normalized spacial score (nSPS) is 17.9. The van der Waals surface area contributed by atoms with Crippen LogP contribution >= 0.6 is 0 Å². The highest BCUT2D eigenvalue weighted by Gasteiger charge is 2.30. The monoisotopic (exact) mass is 230 g/mol. The van der Waals surface area contributed by atoms with Gasteiger partial charge in [-0.3, -0.25) is 0 Å². The lowest BCUT2D eigenvalue weighted by atomic mass is 9.75. The van der Waals surface area contributed by atoms with Gasteiger partial charge in [0.1, 0.15) is 0 Å².